The molecule has 2 aromatic rings. The molecule has 0 saturated carbocycles. The second-order valence-corrected chi connectivity index (χ2v) is 6.86. The Bertz CT molecular complexity index is 676. The molecular formula is C17H22N2O. The smallest absolute Gasteiger partial charge is 0.228 e. The van der Waals surface area contributed by atoms with Crippen molar-refractivity contribution in [1.29, 1.82) is 0 Å². The van der Waals surface area contributed by atoms with Crippen molar-refractivity contribution < 1.29 is 4.79 Å². The van der Waals surface area contributed by atoms with Gasteiger partial charge in [0.1, 0.15) is 0 Å². The molecule has 106 valence electrons. The number of aromatic nitrogens is 1. The van der Waals surface area contributed by atoms with Crippen molar-refractivity contribution in [3.8, 4) is 0 Å². The minimum absolute atomic E-state index is 0.241. The van der Waals surface area contributed by atoms with E-state index in [1.165, 1.54) is 27.7 Å². The normalized spacial score (nSPS) is 15.5. The molecule has 1 aromatic heterocycles. The average Bonchev–Trinajstić information content (AvgIpc) is 2.74. The van der Waals surface area contributed by atoms with Crippen molar-refractivity contribution in [1.82, 2.24) is 9.88 Å². The lowest BCUT2D eigenvalue weighted by Gasteiger charge is -2.32. The van der Waals surface area contributed by atoms with Gasteiger partial charge in [-0.1, -0.05) is 32.4 Å². The molecule has 0 radical (unpaired) electrons. The van der Waals surface area contributed by atoms with E-state index in [1.807, 2.05) is 25.7 Å². The summed E-state index contributed by atoms with van der Waals surface area (Å²) in [4.78, 5) is 18.0. The first-order valence-corrected chi connectivity index (χ1v) is 7.26. The molecule has 1 aromatic carbocycles. The van der Waals surface area contributed by atoms with Gasteiger partial charge in [-0.15, -0.1) is 0 Å². The third-order valence-electron chi connectivity index (χ3n) is 4.06. The van der Waals surface area contributed by atoms with Crippen LogP contribution < -0.4 is 0 Å². The maximum atomic E-state index is 12.5. The Morgan fingerprint density at radius 1 is 1.30 bits per heavy atom. The van der Waals surface area contributed by atoms with Gasteiger partial charge >= 0.3 is 0 Å². The quantitative estimate of drug-likeness (QED) is 0.782. The van der Waals surface area contributed by atoms with Crippen LogP contribution in [0, 0.1) is 12.3 Å². The highest BCUT2D eigenvalue weighted by Crippen LogP contribution is 2.30. The lowest BCUT2D eigenvalue weighted by Crippen LogP contribution is -2.42. The summed E-state index contributed by atoms with van der Waals surface area (Å²) in [5.41, 5.74) is 4.74. The molecule has 0 unspecified atom stereocenters. The number of aromatic amines is 1. The summed E-state index contributed by atoms with van der Waals surface area (Å²) >= 11 is 0. The van der Waals surface area contributed by atoms with Crippen molar-refractivity contribution in [3.05, 3.63) is 35.0 Å². The minimum Gasteiger partial charge on any atom is -0.358 e. The summed E-state index contributed by atoms with van der Waals surface area (Å²) in [6.45, 7) is 9.63. The van der Waals surface area contributed by atoms with E-state index in [2.05, 4.69) is 30.1 Å². The summed E-state index contributed by atoms with van der Waals surface area (Å²) in [6.07, 6.45) is 0.922. The van der Waals surface area contributed by atoms with Crippen molar-refractivity contribution in [2.45, 2.75) is 40.7 Å². The van der Waals surface area contributed by atoms with Gasteiger partial charge in [0.25, 0.3) is 0 Å². The van der Waals surface area contributed by atoms with Crippen LogP contribution in [0.4, 0.5) is 0 Å². The van der Waals surface area contributed by atoms with E-state index in [4.69, 9.17) is 0 Å². The molecule has 0 aliphatic carbocycles. The van der Waals surface area contributed by atoms with Crippen molar-refractivity contribution >= 4 is 16.8 Å². The van der Waals surface area contributed by atoms with E-state index >= 15 is 0 Å². The van der Waals surface area contributed by atoms with Crippen molar-refractivity contribution in [2.75, 3.05) is 6.54 Å². The molecule has 0 fully saturated rings. The zero-order valence-electron chi connectivity index (χ0n) is 12.7. The number of nitrogens with zero attached hydrogens (tertiary/aromatic N) is 1. The van der Waals surface area contributed by atoms with Gasteiger partial charge in [-0.05, 0) is 19.1 Å². The molecule has 2 heterocycles. The fraction of sp³-hybridized carbons (Fsp3) is 0.471. The summed E-state index contributed by atoms with van der Waals surface area (Å²) in [7, 11) is 0. The Labute approximate surface area is 120 Å². The number of hydrogen-bond acceptors (Lipinski definition) is 1. The first kappa shape index (κ1) is 13.2. The van der Waals surface area contributed by atoms with Crippen molar-refractivity contribution in [2.24, 2.45) is 5.41 Å². The molecule has 0 saturated heterocycles. The number of benzene rings is 1. The maximum Gasteiger partial charge on any atom is 0.228 e. The number of rotatable bonds is 0. The Morgan fingerprint density at radius 2 is 2.05 bits per heavy atom. The van der Waals surface area contributed by atoms with E-state index < -0.39 is 0 Å². The SMILES string of the molecule is Cc1ccc2[nH]c3c(c2c1)CN(C(=O)C(C)(C)C)CC3. The fourth-order valence-electron chi connectivity index (χ4n) is 2.98. The van der Waals surface area contributed by atoms with E-state index in [0.29, 0.717) is 0 Å². The standard InChI is InChI=1S/C17H22N2O/c1-11-5-6-14-12(9-11)13-10-19(8-7-15(13)18-14)16(20)17(2,3)4/h5-6,9,18H,7-8,10H2,1-4H3. The highest BCUT2D eigenvalue weighted by molar-refractivity contribution is 5.87. The van der Waals surface area contributed by atoms with E-state index in [1.54, 1.807) is 0 Å². The van der Waals surface area contributed by atoms with Crippen LogP contribution >= 0.6 is 0 Å². The zero-order valence-corrected chi connectivity index (χ0v) is 12.7. The first-order chi connectivity index (χ1) is 9.36. The Hall–Kier alpha value is -1.77. The van der Waals surface area contributed by atoms with Gasteiger partial charge in [0.05, 0.1) is 0 Å². The van der Waals surface area contributed by atoms with Crippen LogP contribution in [0.15, 0.2) is 18.2 Å². The molecular weight excluding hydrogens is 248 g/mol. The van der Waals surface area contributed by atoms with Gasteiger partial charge < -0.3 is 9.88 Å². The van der Waals surface area contributed by atoms with Crippen molar-refractivity contribution in [3.63, 3.8) is 0 Å². The lowest BCUT2D eigenvalue weighted by molar-refractivity contribution is -0.140. The van der Waals surface area contributed by atoms with E-state index in [0.717, 1.165) is 19.5 Å². The van der Waals surface area contributed by atoms with Gasteiger partial charge in [0.15, 0.2) is 0 Å². The van der Waals surface area contributed by atoms with Crippen LogP contribution in [0.3, 0.4) is 0 Å². The molecule has 3 heteroatoms. The number of carbonyl (C=O) groups is 1. The molecule has 0 spiro atoms. The summed E-state index contributed by atoms with van der Waals surface area (Å²) < 4.78 is 0. The van der Waals surface area contributed by atoms with Crippen LogP contribution in [0.1, 0.15) is 37.6 Å². The van der Waals surface area contributed by atoms with Gasteiger partial charge in [-0.25, -0.2) is 0 Å². The van der Waals surface area contributed by atoms with Crippen LogP contribution in [-0.2, 0) is 17.8 Å². The Morgan fingerprint density at radius 3 is 2.75 bits per heavy atom. The summed E-state index contributed by atoms with van der Waals surface area (Å²) in [5, 5.41) is 1.27. The topological polar surface area (TPSA) is 36.1 Å². The second-order valence-electron chi connectivity index (χ2n) is 6.86. The average molecular weight is 270 g/mol. The number of aryl methyl sites for hydroxylation is 1. The van der Waals surface area contributed by atoms with E-state index in [9.17, 15) is 4.79 Å². The molecule has 0 atom stereocenters. The predicted octanol–water partition coefficient (Wildman–Crippen LogP) is 3.41. The molecule has 1 aliphatic rings. The monoisotopic (exact) mass is 270 g/mol. The lowest BCUT2D eigenvalue weighted by atomic mass is 9.93. The number of H-pyrrole nitrogens is 1. The molecule has 1 N–H and O–H groups in total. The molecule has 20 heavy (non-hydrogen) atoms. The molecule has 0 bridgehead atoms. The maximum absolute atomic E-state index is 12.5. The number of hydrogen-bond donors (Lipinski definition) is 1. The van der Waals surface area contributed by atoms with Gasteiger partial charge in [0, 0.05) is 47.1 Å². The second kappa shape index (κ2) is 4.37. The highest BCUT2D eigenvalue weighted by atomic mass is 16.2. The summed E-state index contributed by atoms with van der Waals surface area (Å²) in [5.74, 6) is 0.241. The third-order valence-corrected chi connectivity index (χ3v) is 4.06. The molecule has 1 amide bonds. The van der Waals surface area contributed by atoms with Gasteiger partial charge in [-0.3, -0.25) is 4.79 Å². The number of carbonyl (C=O) groups excluding carboxylic acids is 1. The minimum atomic E-state index is -0.306. The molecule has 3 nitrogen and oxygen atoms in total. The van der Waals surface area contributed by atoms with Gasteiger partial charge in [0.2, 0.25) is 5.91 Å². The van der Waals surface area contributed by atoms with Crippen LogP contribution in [-0.4, -0.2) is 22.3 Å². The van der Waals surface area contributed by atoms with Crippen LogP contribution in [0.25, 0.3) is 10.9 Å². The Balaban J connectivity index is 2.00. The largest absolute Gasteiger partial charge is 0.358 e. The summed E-state index contributed by atoms with van der Waals surface area (Å²) in [6, 6.07) is 6.48. The number of fused-ring (bicyclic) bond motifs is 3. The van der Waals surface area contributed by atoms with Gasteiger partial charge in [-0.2, -0.15) is 0 Å². The number of nitrogens with one attached hydrogen (secondary N) is 1. The molecule has 3 rings (SSSR count). The van der Waals surface area contributed by atoms with Crippen LogP contribution in [0.5, 0.6) is 0 Å². The fourth-order valence-corrected chi connectivity index (χ4v) is 2.98. The zero-order chi connectivity index (χ0) is 14.5. The number of amides is 1. The van der Waals surface area contributed by atoms with Crippen LogP contribution in [0.2, 0.25) is 0 Å². The first-order valence-electron chi connectivity index (χ1n) is 7.26. The highest BCUT2D eigenvalue weighted by Gasteiger charge is 2.30. The predicted molar refractivity (Wildman–Crippen MR) is 81.6 cm³/mol. The third kappa shape index (κ3) is 2.11. The molecule has 1 aliphatic heterocycles. The Kier molecular flexibility index (Phi) is 2.89. The van der Waals surface area contributed by atoms with E-state index in [-0.39, 0.29) is 11.3 Å².